The van der Waals surface area contributed by atoms with Crippen LogP contribution in [0.5, 0.6) is 0 Å². The molecule has 0 saturated heterocycles. The molecule has 0 fully saturated rings. The normalized spacial score (nSPS) is 13.4. The Morgan fingerprint density at radius 2 is 2.43 bits per heavy atom. The van der Waals surface area contributed by atoms with Gasteiger partial charge in [0.05, 0.1) is 6.42 Å². The second-order valence-electron chi connectivity index (χ2n) is 1.10. The molecule has 3 nitrogen and oxygen atoms in total. The maximum Gasteiger partial charge on any atom is 0.221 e. The molecule has 0 aliphatic carbocycles. The summed E-state index contributed by atoms with van der Waals surface area (Å²) in [6.45, 7) is 0. The van der Waals surface area contributed by atoms with Gasteiger partial charge in [-0.2, -0.15) is 0 Å². The Kier molecular flexibility index (Phi) is 2.71. The highest BCUT2D eigenvalue weighted by molar-refractivity contribution is 6.20. The molecule has 42 valence electrons. The molecule has 0 aliphatic rings. The van der Waals surface area contributed by atoms with E-state index in [2.05, 4.69) is 5.73 Å². The average Bonchev–Trinajstić information content (AvgIpc) is 1.27. The number of halogens is 1. The van der Waals surface area contributed by atoms with Crippen LogP contribution < -0.4 is 5.73 Å². The molecular formula is C3H6ClNO2. The summed E-state index contributed by atoms with van der Waals surface area (Å²) in [5.74, 6) is -0.595. The molecule has 1 amide bonds. The van der Waals surface area contributed by atoms with Crippen molar-refractivity contribution in [3.8, 4) is 0 Å². The summed E-state index contributed by atoms with van der Waals surface area (Å²) in [6, 6.07) is 0. The van der Waals surface area contributed by atoms with Crippen LogP contribution in [0.25, 0.3) is 0 Å². The molecule has 0 saturated carbocycles. The number of nitrogens with two attached hydrogens (primary N) is 1. The van der Waals surface area contributed by atoms with Gasteiger partial charge < -0.3 is 10.8 Å². The molecule has 1 unspecified atom stereocenters. The molecule has 0 heterocycles. The first-order chi connectivity index (χ1) is 3.13. The van der Waals surface area contributed by atoms with Gasteiger partial charge in [0.1, 0.15) is 5.56 Å². The summed E-state index contributed by atoms with van der Waals surface area (Å²) < 4.78 is 0. The lowest BCUT2D eigenvalue weighted by atomic mass is 10.4. The van der Waals surface area contributed by atoms with Crippen LogP contribution in [0.3, 0.4) is 0 Å². The van der Waals surface area contributed by atoms with E-state index in [9.17, 15) is 4.79 Å². The van der Waals surface area contributed by atoms with Crippen molar-refractivity contribution in [1.29, 1.82) is 0 Å². The Hall–Kier alpha value is -0.280. The van der Waals surface area contributed by atoms with Gasteiger partial charge in [0, 0.05) is 0 Å². The predicted octanol–water partition coefficient (Wildman–Crippen LogP) is -0.581. The SMILES string of the molecule is NC(=O)CC(O)Cl. The minimum absolute atomic E-state index is 0.179. The topological polar surface area (TPSA) is 63.3 Å². The molecule has 0 radical (unpaired) electrons. The van der Waals surface area contributed by atoms with Crippen molar-refractivity contribution in [3.05, 3.63) is 0 Å². The number of aliphatic hydroxyl groups is 1. The van der Waals surface area contributed by atoms with E-state index in [0.29, 0.717) is 0 Å². The molecule has 0 aromatic carbocycles. The van der Waals surface area contributed by atoms with E-state index in [0.717, 1.165) is 0 Å². The summed E-state index contributed by atoms with van der Waals surface area (Å²) in [4.78, 5) is 9.79. The van der Waals surface area contributed by atoms with Crippen LogP contribution in [0.15, 0.2) is 0 Å². The predicted molar refractivity (Wildman–Crippen MR) is 25.7 cm³/mol. The monoisotopic (exact) mass is 123 g/mol. The van der Waals surface area contributed by atoms with E-state index < -0.39 is 11.5 Å². The summed E-state index contributed by atoms with van der Waals surface area (Å²) in [6.07, 6.45) is -0.179. The van der Waals surface area contributed by atoms with Crippen molar-refractivity contribution < 1.29 is 9.90 Å². The Morgan fingerprint density at radius 1 is 2.00 bits per heavy atom. The first-order valence-corrected chi connectivity index (χ1v) is 2.17. The van der Waals surface area contributed by atoms with Crippen LogP contribution in [-0.4, -0.2) is 16.6 Å². The lowest BCUT2D eigenvalue weighted by molar-refractivity contribution is -0.119. The van der Waals surface area contributed by atoms with Gasteiger partial charge in [-0.15, -0.1) is 0 Å². The first-order valence-electron chi connectivity index (χ1n) is 1.73. The van der Waals surface area contributed by atoms with Crippen LogP contribution in [0.1, 0.15) is 6.42 Å². The number of rotatable bonds is 2. The largest absolute Gasteiger partial charge is 0.377 e. The van der Waals surface area contributed by atoms with Crippen LogP contribution in [0.4, 0.5) is 0 Å². The Bertz CT molecular complexity index is 73.3. The molecule has 1 atom stereocenters. The Balaban J connectivity index is 3.13. The average molecular weight is 124 g/mol. The van der Waals surface area contributed by atoms with Gasteiger partial charge in [-0.1, -0.05) is 11.6 Å². The van der Waals surface area contributed by atoms with Crippen molar-refractivity contribution in [2.24, 2.45) is 5.73 Å². The van der Waals surface area contributed by atoms with E-state index in [4.69, 9.17) is 16.7 Å². The Morgan fingerprint density at radius 3 is 2.43 bits per heavy atom. The van der Waals surface area contributed by atoms with Gasteiger partial charge in [-0.25, -0.2) is 0 Å². The maximum atomic E-state index is 9.79. The quantitative estimate of drug-likeness (QED) is 0.483. The number of alkyl halides is 1. The summed E-state index contributed by atoms with van der Waals surface area (Å²) >= 11 is 4.93. The van der Waals surface area contributed by atoms with Gasteiger partial charge >= 0.3 is 0 Å². The van der Waals surface area contributed by atoms with Gasteiger partial charge in [-0.3, -0.25) is 4.79 Å². The maximum absolute atomic E-state index is 9.79. The van der Waals surface area contributed by atoms with Gasteiger partial charge in [0.15, 0.2) is 0 Å². The summed E-state index contributed by atoms with van der Waals surface area (Å²) in [5.41, 5.74) is 3.48. The zero-order valence-corrected chi connectivity index (χ0v) is 4.35. The molecular weight excluding hydrogens is 117 g/mol. The highest BCUT2D eigenvalue weighted by atomic mass is 35.5. The van der Waals surface area contributed by atoms with E-state index in [1.165, 1.54) is 0 Å². The molecule has 0 spiro atoms. The van der Waals surface area contributed by atoms with E-state index in [1.807, 2.05) is 0 Å². The molecule has 0 aromatic heterocycles. The highest BCUT2D eigenvalue weighted by Gasteiger charge is 2.00. The van der Waals surface area contributed by atoms with E-state index >= 15 is 0 Å². The number of carbonyl (C=O) groups excluding carboxylic acids is 1. The molecule has 0 rings (SSSR count). The van der Waals surface area contributed by atoms with Gasteiger partial charge in [0.25, 0.3) is 0 Å². The fourth-order valence-corrected chi connectivity index (χ4v) is 0.318. The minimum Gasteiger partial charge on any atom is -0.377 e. The molecule has 3 N–H and O–H groups in total. The number of hydrogen-bond acceptors (Lipinski definition) is 2. The highest BCUT2D eigenvalue weighted by Crippen LogP contribution is 1.92. The van der Waals surface area contributed by atoms with Crippen molar-refractivity contribution >= 4 is 17.5 Å². The standard InChI is InChI=1S/C3H6ClNO2/c4-2(6)1-3(5)7/h2,6H,1H2,(H2,5,7). The molecule has 4 heteroatoms. The zero-order valence-electron chi connectivity index (χ0n) is 3.60. The minimum atomic E-state index is -1.13. The molecule has 0 aliphatic heterocycles. The van der Waals surface area contributed by atoms with Gasteiger partial charge in [-0.05, 0) is 0 Å². The van der Waals surface area contributed by atoms with Crippen LogP contribution in [0, 0.1) is 0 Å². The van der Waals surface area contributed by atoms with Crippen molar-refractivity contribution in [3.63, 3.8) is 0 Å². The second-order valence-corrected chi connectivity index (χ2v) is 1.61. The second kappa shape index (κ2) is 2.82. The third kappa shape index (κ3) is 5.72. The molecule has 7 heavy (non-hydrogen) atoms. The van der Waals surface area contributed by atoms with Gasteiger partial charge in [0.2, 0.25) is 5.91 Å². The molecule has 0 bridgehead atoms. The van der Waals surface area contributed by atoms with Crippen LogP contribution in [-0.2, 0) is 4.79 Å². The number of aliphatic hydroxyl groups excluding tert-OH is 1. The number of amides is 1. The van der Waals surface area contributed by atoms with Crippen LogP contribution >= 0.6 is 11.6 Å². The number of hydrogen-bond donors (Lipinski definition) is 2. The van der Waals surface area contributed by atoms with Crippen molar-refractivity contribution in [2.75, 3.05) is 0 Å². The number of primary amides is 1. The van der Waals surface area contributed by atoms with E-state index in [-0.39, 0.29) is 6.42 Å². The molecule has 0 aromatic rings. The van der Waals surface area contributed by atoms with E-state index in [1.54, 1.807) is 0 Å². The smallest absolute Gasteiger partial charge is 0.221 e. The number of carbonyl (C=O) groups is 1. The third-order valence-electron chi connectivity index (χ3n) is 0.370. The lowest BCUT2D eigenvalue weighted by Gasteiger charge is -1.92. The Labute approximate surface area is 46.1 Å². The summed E-state index contributed by atoms with van der Waals surface area (Å²) in [5, 5.41) is 8.19. The summed E-state index contributed by atoms with van der Waals surface area (Å²) in [7, 11) is 0. The fraction of sp³-hybridized carbons (Fsp3) is 0.667. The lowest BCUT2D eigenvalue weighted by Crippen LogP contribution is -2.15. The third-order valence-corrected chi connectivity index (χ3v) is 0.524. The van der Waals surface area contributed by atoms with Crippen molar-refractivity contribution in [2.45, 2.75) is 12.0 Å². The fourth-order valence-electron chi connectivity index (χ4n) is 0.166. The van der Waals surface area contributed by atoms with Crippen molar-refractivity contribution in [1.82, 2.24) is 0 Å². The zero-order chi connectivity index (χ0) is 5.86. The first kappa shape index (κ1) is 6.72. The van der Waals surface area contributed by atoms with Crippen LogP contribution in [0.2, 0.25) is 0 Å².